The molecular weight excluding hydrogens is 241 g/mol. The Balaban J connectivity index is 2.55. The Morgan fingerprint density at radius 2 is 1.94 bits per heavy atom. The Morgan fingerprint density at radius 1 is 1.33 bits per heavy atom. The summed E-state index contributed by atoms with van der Waals surface area (Å²) >= 11 is 0. The fourth-order valence-electron chi connectivity index (χ4n) is 2.90. The van der Waals surface area contributed by atoms with Crippen molar-refractivity contribution in [3.63, 3.8) is 0 Å². The molecule has 1 fully saturated rings. The van der Waals surface area contributed by atoms with Gasteiger partial charge in [-0.1, -0.05) is 32.0 Å². The Kier molecular flexibility index (Phi) is 2.99. The van der Waals surface area contributed by atoms with Gasteiger partial charge >= 0.3 is 6.18 Å². The van der Waals surface area contributed by atoms with E-state index >= 15 is 0 Å². The molecular formula is C14H15F3O. The van der Waals surface area contributed by atoms with Crippen LogP contribution in [0.1, 0.15) is 31.4 Å². The van der Waals surface area contributed by atoms with Gasteiger partial charge in [-0.25, -0.2) is 0 Å². The van der Waals surface area contributed by atoms with Crippen molar-refractivity contribution in [1.29, 1.82) is 0 Å². The van der Waals surface area contributed by atoms with Crippen LogP contribution in [0.2, 0.25) is 0 Å². The average Bonchev–Trinajstić information content (AvgIpc) is 3.03. The molecule has 2 rings (SSSR count). The van der Waals surface area contributed by atoms with Crippen LogP contribution in [-0.2, 0) is 16.4 Å². The Bertz CT molecular complexity index is 464. The molecule has 18 heavy (non-hydrogen) atoms. The molecule has 0 radical (unpaired) electrons. The average molecular weight is 256 g/mol. The van der Waals surface area contributed by atoms with Gasteiger partial charge in [0.2, 0.25) is 0 Å². The van der Waals surface area contributed by atoms with E-state index in [1.807, 2.05) is 13.8 Å². The van der Waals surface area contributed by atoms with Crippen molar-refractivity contribution in [2.45, 2.75) is 31.9 Å². The zero-order chi connectivity index (χ0) is 13.6. The first-order chi connectivity index (χ1) is 8.34. The molecule has 0 aliphatic heterocycles. The Morgan fingerprint density at radius 3 is 2.39 bits per heavy atom. The van der Waals surface area contributed by atoms with Crippen LogP contribution in [0.3, 0.4) is 0 Å². The summed E-state index contributed by atoms with van der Waals surface area (Å²) in [7, 11) is 0. The number of carbonyl (C=O) groups excluding carboxylic acids is 1. The summed E-state index contributed by atoms with van der Waals surface area (Å²) in [6.45, 7) is 3.74. The first-order valence-corrected chi connectivity index (χ1v) is 5.96. The number of hydrogen-bond acceptors (Lipinski definition) is 1. The smallest absolute Gasteiger partial charge is 0.303 e. The maximum atomic E-state index is 13.0. The van der Waals surface area contributed by atoms with Crippen molar-refractivity contribution >= 4 is 6.29 Å². The Hall–Kier alpha value is -1.32. The number of aldehydes is 1. The highest BCUT2D eigenvalue weighted by atomic mass is 19.4. The van der Waals surface area contributed by atoms with Gasteiger partial charge < -0.3 is 4.79 Å². The van der Waals surface area contributed by atoms with Crippen molar-refractivity contribution in [3.8, 4) is 0 Å². The molecule has 1 saturated carbocycles. The highest BCUT2D eigenvalue weighted by molar-refractivity contribution is 5.65. The largest absolute Gasteiger partial charge is 0.416 e. The zero-order valence-corrected chi connectivity index (χ0v) is 10.3. The summed E-state index contributed by atoms with van der Waals surface area (Å²) in [6, 6.07) is 5.60. The maximum Gasteiger partial charge on any atom is 0.416 e. The van der Waals surface area contributed by atoms with Crippen LogP contribution in [0, 0.1) is 11.8 Å². The third kappa shape index (κ3) is 1.84. The molecule has 1 aromatic rings. The minimum atomic E-state index is -4.37. The van der Waals surface area contributed by atoms with Crippen LogP contribution in [-0.4, -0.2) is 6.29 Å². The van der Waals surface area contributed by atoms with E-state index < -0.39 is 17.2 Å². The van der Waals surface area contributed by atoms with Crippen molar-refractivity contribution < 1.29 is 18.0 Å². The molecule has 0 bridgehead atoms. The number of benzene rings is 1. The first-order valence-electron chi connectivity index (χ1n) is 5.96. The summed E-state index contributed by atoms with van der Waals surface area (Å²) in [4.78, 5) is 10.9. The summed E-state index contributed by atoms with van der Waals surface area (Å²) in [5.74, 6) is -0.280. The second kappa shape index (κ2) is 4.11. The lowest BCUT2D eigenvalue weighted by atomic mass is 9.80. The van der Waals surface area contributed by atoms with Crippen LogP contribution in [0.5, 0.6) is 0 Å². The van der Waals surface area contributed by atoms with E-state index in [2.05, 4.69) is 0 Å². The molecule has 2 unspecified atom stereocenters. The van der Waals surface area contributed by atoms with Crippen LogP contribution in [0.15, 0.2) is 24.3 Å². The first kappa shape index (κ1) is 13.1. The molecule has 0 N–H and O–H groups in total. The van der Waals surface area contributed by atoms with E-state index in [0.717, 1.165) is 12.4 Å². The van der Waals surface area contributed by atoms with Crippen molar-refractivity contribution in [1.82, 2.24) is 0 Å². The number of alkyl halides is 3. The second-order valence-electron chi connectivity index (χ2n) is 5.19. The molecule has 4 heteroatoms. The van der Waals surface area contributed by atoms with Crippen LogP contribution >= 0.6 is 0 Å². The van der Waals surface area contributed by atoms with Gasteiger partial charge in [0.05, 0.1) is 5.56 Å². The fourth-order valence-corrected chi connectivity index (χ4v) is 2.90. The summed E-state index contributed by atoms with van der Waals surface area (Å²) in [5, 5.41) is 0. The third-order valence-corrected chi connectivity index (χ3v) is 3.99. The molecule has 0 heterocycles. The third-order valence-electron chi connectivity index (χ3n) is 3.99. The maximum absolute atomic E-state index is 13.0. The number of hydrogen-bond donors (Lipinski definition) is 0. The van der Waals surface area contributed by atoms with Gasteiger partial charge in [0.25, 0.3) is 0 Å². The van der Waals surface area contributed by atoms with Gasteiger partial charge in [0, 0.05) is 11.3 Å². The molecule has 1 aliphatic carbocycles. The minimum absolute atomic E-state index is 0.0104. The topological polar surface area (TPSA) is 17.1 Å². The van der Waals surface area contributed by atoms with E-state index in [1.54, 1.807) is 6.07 Å². The summed E-state index contributed by atoms with van der Waals surface area (Å²) in [6.07, 6.45) is -3.07. The predicted molar refractivity (Wildman–Crippen MR) is 62.1 cm³/mol. The molecule has 0 saturated heterocycles. The van der Waals surface area contributed by atoms with Crippen molar-refractivity contribution in [2.24, 2.45) is 11.8 Å². The van der Waals surface area contributed by atoms with Crippen molar-refractivity contribution in [3.05, 3.63) is 35.4 Å². The minimum Gasteiger partial charge on any atom is -0.303 e. The van der Waals surface area contributed by atoms with E-state index in [4.69, 9.17) is 0 Å². The SMILES string of the molecule is CC(C)C1(c2ccccc2C(F)(F)F)CC1C=O. The van der Waals surface area contributed by atoms with Gasteiger partial charge in [0.15, 0.2) is 0 Å². The van der Waals surface area contributed by atoms with Gasteiger partial charge in [-0.2, -0.15) is 13.2 Å². The van der Waals surface area contributed by atoms with Crippen LogP contribution in [0.4, 0.5) is 13.2 Å². The molecule has 0 spiro atoms. The number of carbonyl (C=O) groups is 1. The monoisotopic (exact) mass is 256 g/mol. The highest BCUT2D eigenvalue weighted by Crippen LogP contribution is 2.60. The number of halogens is 3. The van der Waals surface area contributed by atoms with Crippen molar-refractivity contribution in [2.75, 3.05) is 0 Å². The quantitative estimate of drug-likeness (QED) is 0.751. The molecule has 1 aromatic carbocycles. The second-order valence-corrected chi connectivity index (χ2v) is 5.19. The molecule has 98 valence electrons. The lowest BCUT2D eigenvalue weighted by Gasteiger charge is -2.25. The van der Waals surface area contributed by atoms with Gasteiger partial charge in [-0.05, 0) is 24.0 Å². The van der Waals surface area contributed by atoms with Gasteiger partial charge in [0.1, 0.15) is 6.29 Å². The van der Waals surface area contributed by atoms with E-state index in [9.17, 15) is 18.0 Å². The van der Waals surface area contributed by atoms with Crippen LogP contribution in [0.25, 0.3) is 0 Å². The predicted octanol–water partition coefficient (Wildman–Crippen LogP) is 3.82. The standard InChI is InChI=1S/C14H15F3O/c1-9(2)13(7-10(13)8-18)11-5-3-4-6-12(11)14(15,16)17/h3-6,8-10H,7H2,1-2H3. The van der Waals surface area contributed by atoms with Crippen LogP contribution < -0.4 is 0 Å². The lowest BCUT2D eigenvalue weighted by molar-refractivity contribution is -0.138. The normalized spacial score (nSPS) is 27.3. The van der Waals surface area contributed by atoms with Gasteiger partial charge in [-0.3, -0.25) is 0 Å². The van der Waals surface area contributed by atoms with E-state index in [-0.39, 0.29) is 17.4 Å². The summed E-state index contributed by atoms with van der Waals surface area (Å²) < 4.78 is 39.0. The molecule has 0 amide bonds. The number of rotatable bonds is 3. The molecule has 1 aliphatic rings. The molecule has 1 nitrogen and oxygen atoms in total. The molecule has 0 aromatic heterocycles. The zero-order valence-electron chi connectivity index (χ0n) is 10.3. The van der Waals surface area contributed by atoms with E-state index in [0.29, 0.717) is 6.42 Å². The van der Waals surface area contributed by atoms with E-state index in [1.165, 1.54) is 12.1 Å². The lowest BCUT2D eigenvalue weighted by Crippen LogP contribution is -2.23. The van der Waals surface area contributed by atoms with Gasteiger partial charge in [-0.15, -0.1) is 0 Å². The summed E-state index contributed by atoms with van der Waals surface area (Å²) in [5.41, 5.74) is -0.971. The Labute approximate surface area is 104 Å². The molecule has 2 atom stereocenters. The highest BCUT2D eigenvalue weighted by Gasteiger charge is 2.59. The fraction of sp³-hybridized carbons (Fsp3) is 0.500.